The number of rotatable bonds is 4. The Balaban J connectivity index is 1.80. The molecule has 1 aliphatic carbocycles. The molecule has 104 valence electrons. The fraction of sp³-hybridized carbons (Fsp3) is 0.333. The summed E-state index contributed by atoms with van der Waals surface area (Å²) in [6.45, 7) is 2.34. The molecule has 0 heterocycles. The zero-order valence-electron chi connectivity index (χ0n) is 12.2. The average Bonchev–Trinajstić information content (AvgIpc) is 3.21. The Morgan fingerprint density at radius 2 is 1.35 bits per heavy atom. The standard InChI is InChI=1S/C18H20O2/c1-18(14-6-10-16(20-3)11-7-14)12-17(18)13-4-8-15(19-2)9-5-13/h4-11,17H,12H2,1-3H3/t17-,18-/m0/s1. The summed E-state index contributed by atoms with van der Waals surface area (Å²) in [4.78, 5) is 0. The van der Waals surface area contributed by atoms with E-state index in [0.29, 0.717) is 5.92 Å². The SMILES string of the molecule is COc1ccc([C@@H]2C[C@@]2(C)c2ccc(OC)cc2)cc1. The van der Waals surface area contributed by atoms with Crippen molar-refractivity contribution in [2.45, 2.75) is 24.7 Å². The number of hydrogen-bond acceptors (Lipinski definition) is 2. The molecule has 1 fully saturated rings. The highest BCUT2D eigenvalue weighted by Crippen LogP contribution is 2.60. The highest BCUT2D eigenvalue weighted by Gasteiger charge is 2.51. The van der Waals surface area contributed by atoms with Crippen LogP contribution in [-0.4, -0.2) is 14.2 Å². The maximum Gasteiger partial charge on any atom is 0.118 e. The average molecular weight is 268 g/mol. The molecule has 0 aliphatic heterocycles. The molecular formula is C18H20O2. The van der Waals surface area contributed by atoms with E-state index in [9.17, 15) is 0 Å². The van der Waals surface area contributed by atoms with E-state index in [1.165, 1.54) is 17.5 Å². The Morgan fingerprint density at radius 3 is 1.85 bits per heavy atom. The van der Waals surface area contributed by atoms with Crippen molar-refractivity contribution in [3.05, 3.63) is 59.7 Å². The molecule has 2 atom stereocenters. The van der Waals surface area contributed by atoms with Crippen molar-refractivity contribution in [1.29, 1.82) is 0 Å². The van der Waals surface area contributed by atoms with Crippen LogP contribution >= 0.6 is 0 Å². The van der Waals surface area contributed by atoms with E-state index < -0.39 is 0 Å². The zero-order valence-corrected chi connectivity index (χ0v) is 12.2. The van der Waals surface area contributed by atoms with Gasteiger partial charge in [-0.25, -0.2) is 0 Å². The van der Waals surface area contributed by atoms with E-state index in [-0.39, 0.29) is 5.41 Å². The van der Waals surface area contributed by atoms with Crippen LogP contribution in [0.4, 0.5) is 0 Å². The molecule has 2 heteroatoms. The van der Waals surface area contributed by atoms with Gasteiger partial charge in [-0.3, -0.25) is 0 Å². The first-order chi connectivity index (χ1) is 9.67. The van der Waals surface area contributed by atoms with Gasteiger partial charge in [-0.2, -0.15) is 0 Å². The second kappa shape index (κ2) is 4.86. The molecule has 2 aromatic rings. The van der Waals surface area contributed by atoms with Crippen LogP contribution in [0, 0.1) is 0 Å². The normalized spacial score (nSPS) is 24.2. The second-order valence-electron chi connectivity index (χ2n) is 5.68. The predicted molar refractivity (Wildman–Crippen MR) is 80.7 cm³/mol. The van der Waals surface area contributed by atoms with Gasteiger partial charge in [0.1, 0.15) is 11.5 Å². The van der Waals surface area contributed by atoms with Gasteiger partial charge in [-0.15, -0.1) is 0 Å². The van der Waals surface area contributed by atoms with Crippen LogP contribution in [0.5, 0.6) is 11.5 Å². The van der Waals surface area contributed by atoms with Crippen molar-refractivity contribution in [3.63, 3.8) is 0 Å². The number of methoxy groups -OCH3 is 2. The van der Waals surface area contributed by atoms with Crippen LogP contribution in [0.1, 0.15) is 30.4 Å². The van der Waals surface area contributed by atoms with Crippen LogP contribution in [0.2, 0.25) is 0 Å². The molecule has 20 heavy (non-hydrogen) atoms. The molecule has 0 amide bonds. The topological polar surface area (TPSA) is 18.5 Å². The van der Waals surface area contributed by atoms with Crippen molar-refractivity contribution in [1.82, 2.24) is 0 Å². The smallest absolute Gasteiger partial charge is 0.118 e. The first kappa shape index (κ1) is 13.0. The van der Waals surface area contributed by atoms with E-state index in [1.54, 1.807) is 14.2 Å². The fourth-order valence-electron chi connectivity index (χ4n) is 2.98. The summed E-state index contributed by atoms with van der Waals surface area (Å²) in [7, 11) is 3.40. The van der Waals surface area contributed by atoms with Gasteiger partial charge in [0.2, 0.25) is 0 Å². The molecule has 0 radical (unpaired) electrons. The van der Waals surface area contributed by atoms with Crippen LogP contribution in [-0.2, 0) is 5.41 Å². The van der Waals surface area contributed by atoms with E-state index in [0.717, 1.165) is 11.5 Å². The van der Waals surface area contributed by atoms with Crippen molar-refractivity contribution >= 4 is 0 Å². The minimum Gasteiger partial charge on any atom is -0.497 e. The third kappa shape index (κ3) is 2.15. The lowest BCUT2D eigenvalue weighted by atomic mass is 9.93. The van der Waals surface area contributed by atoms with Gasteiger partial charge in [0, 0.05) is 0 Å². The largest absolute Gasteiger partial charge is 0.497 e. The van der Waals surface area contributed by atoms with Gasteiger partial charge in [-0.1, -0.05) is 31.2 Å². The van der Waals surface area contributed by atoms with Crippen molar-refractivity contribution in [2.24, 2.45) is 0 Å². The monoisotopic (exact) mass is 268 g/mol. The summed E-state index contributed by atoms with van der Waals surface area (Å²) in [5, 5.41) is 0. The molecule has 0 saturated heterocycles. The van der Waals surface area contributed by atoms with Gasteiger partial charge >= 0.3 is 0 Å². The molecule has 0 bridgehead atoms. The molecule has 0 spiro atoms. The Labute approximate surface area is 120 Å². The Kier molecular flexibility index (Phi) is 3.17. The maximum absolute atomic E-state index is 5.23. The molecule has 1 saturated carbocycles. The first-order valence-corrected chi connectivity index (χ1v) is 6.96. The number of ether oxygens (including phenoxy) is 2. The number of benzene rings is 2. The molecule has 3 rings (SSSR count). The van der Waals surface area contributed by atoms with E-state index in [2.05, 4.69) is 31.2 Å². The summed E-state index contributed by atoms with van der Waals surface area (Å²) >= 11 is 0. The lowest BCUT2D eigenvalue weighted by Crippen LogP contribution is -2.03. The molecular weight excluding hydrogens is 248 g/mol. The summed E-state index contributed by atoms with van der Waals surface area (Å²) in [5.41, 5.74) is 3.03. The maximum atomic E-state index is 5.23. The second-order valence-corrected chi connectivity index (χ2v) is 5.68. The Morgan fingerprint density at radius 1 is 0.850 bits per heavy atom. The first-order valence-electron chi connectivity index (χ1n) is 6.96. The third-order valence-electron chi connectivity index (χ3n) is 4.50. The van der Waals surface area contributed by atoms with E-state index >= 15 is 0 Å². The third-order valence-corrected chi connectivity index (χ3v) is 4.50. The Hall–Kier alpha value is -1.96. The minimum atomic E-state index is 0.251. The molecule has 0 unspecified atom stereocenters. The van der Waals surface area contributed by atoms with Gasteiger partial charge in [0.05, 0.1) is 14.2 Å². The van der Waals surface area contributed by atoms with Gasteiger partial charge in [-0.05, 0) is 53.1 Å². The lowest BCUT2D eigenvalue weighted by Gasteiger charge is -2.13. The molecule has 2 nitrogen and oxygen atoms in total. The molecule has 2 aromatic carbocycles. The summed E-state index contributed by atoms with van der Waals surface area (Å²) < 4.78 is 10.4. The molecule has 0 aromatic heterocycles. The number of hydrogen-bond donors (Lipinski definition) is 0. The molecule has 0 N–H and O–H groups in total. The van der Waals surface area contributed by atoms with Gasteiger partial charge < -0.3 is 9.47 Å². The minimum absolute atomic E-state index is 0.251. The summed E-state index contributed by atoms with van der Waals surface area (Å²) in [5.74, 6) is 2.43. The molecule has 1 aliphatic rings. The highest BCUT2D eigenvalue weighted by molar-refractivity contribution is 5.44. The van der Waals surface area contributed by atoms with Crippen LogP contribution < -0.4 is 9.47 Å². The summed E-state index contributed by atoms with van der Waals surface area (Å²) in [6.07, 6.45) is 1.20. The van der Waals surface area contributed by atoms with Crippen LogP contribution in [0.25, 0.3) is 0 Å². The van der Waals surface area contributed by atoms with E-state index in [1.807, 2.05) is 24.3 Å². The van der Waals surface area contributed by atoms with Crippen LogP contribution in [0.15, 0.2) is 48.5 Å². The van der Waals surface area contributed by atoms with Crippen molar-refractivity contribution in [2.75, 3.05) is 14.2 Å². The predicted octanol–water partition coefficient (Wildman–Crippen LogP) is 4.15. The van der Waals surface area contributed by atoms with E-state index in [4.69, 9.17) is 9.47 Å². The quantitative estimate of drug-likeness (QED) is 0.829. The van der Waals surface area contributed by atoms with Gasteiger partial charge in [0.15, 0.2) is 0 Å². The fourth-order valence-corrected chi connectivity index (χ4v) is 2.98. The summed E-state index contributed by atoms with van der Waals surface area (Å²) in [6, 6.07) is 16.9. The van der Waals surface area contributed by atoms with Crippen LogP contribution in [0.3, 0.4) is 0 Å². The zero-order chi connectivity index (χ0) is 14.2. The van der Waals surface area contributed by atoms with Crippen molar-refractivity contribution in [3.8, 4) is 11.5 Å². The van der Waals surface area contributed by atoms with Crippen molar-refractivity contribution < 1.29 is 9.47 Å². The van der Waals surface area contributed by atoms with Gasteiger partial charge in [0.25, 0.3) is 0 Å². The Bertz CT molecular complexity index is 586. The lowest BCUT2D eigenvalue weighted by molar-refractivity contribution is 0.414. The highest BCUT2D eigenvalue weighted by atomic mass is 16.5.